The third-order valence-corrected chi connectivity index (χ3v) is 3.60. The van der Waals surface area contributed by atoms with E-state index in [1.165, 1.54) is 22.3 Å². The van der Waals surface area contributed by atoms with Crippen molar-refractivity contribution in [3.05, 3.63) is 64.7 Å². The molecule has 0 aromatic heterocycles. The van der Waals surface area contributed by atoms with Gasteiger partial charge in [0.1, 0.15) is 0 Å². The first-order valence-electron chi connectivity index (χ1n) is 6.28. The smallest absolute Gasteiger partial charge is 0.331 e. The fourth-order valence-corrected chi connectivity index (χ4v) is 2.61. The molecule has 0 atom stereocenters. The highest BCUT2D eigenvalue weighted by Gasteiger charge is 2.19. The Morgan fingerprint density at radius 3 is 2.63 bits per heavy atom. The van der Waals surface area contributed by atoms with Gasteiger partial charge in [-0.25, -0.2) is 4.79 Å². The number of aliphatic carboxylic acids is 1. The standard InChI is InChI=1S/C17H14O2/c1-11(17(18)19)9-12-6-4-8-15-14-7-3-2-5-13(14)10-16(12)15/h2-9H,10H2,1H3,(H,18,19)/b11-9+. The molecule has 94 valence electrons. The summed E-state index contributed by atoms with van der Waals surface area (Å²) in [7, 11) is 0. The van der Waals surface area contributed by atoms with Crippen molar-refractivity contribution in [1.29, 1.82) is 0 Å². The Balaban J connectivity index is 2.14. The largest absolute Gasteiger partial charge is 0.478 e. The zero-order valence-corrected chi connectivity index (χ0v) is 10.7. The molecule has 3 rings (SSSR count). The molecule has 0 unspecified atom stereocenters. The van der Waals surface area contributed by atoms with Gasteiger partial charge in [-0.15, -0.1) is 0 Å². The minimum absolute atomic E-state index is 0.365. The fraction of sp³-hybridized carbons (Fsp3) is 0.118. The van der Waals surface area contributed by atoms with E-state index in [9.17, 15) is 4.79 Å². The predicted octanol–water partition coefficient (Wildman–Crippen LogP) is 3.75. The van der Waals surface area contributed by atoms with Crippen molar-refractivity contribution in [2.75, 3.05) is 0 Å². The number of benzene rings is 2. The highest BCUT2D eigenvalue weighted by molar-refractivity contribution is 5.92. The van der Waals surface area contributed by atoms with Crippen molar-refractivity contribution >= 4 is 12.0 Å². The van der Waals surface area contributed by atoms with Gasteiger partial charge < -0.3 is 5.11 Å². The summed E-state index contributed by atoms with van der Waals surface area (Å²) < 4.78 is 0. The number of hydrogen-bond donors (Lipinski definition) is 1. The zero-order chi connectivity index (χ0) is 13.4. The molecule has 0 radical (unpaired) electrons. The number of fused-ring (bicyclic) bond motifs is 3. The minimum Gasteiger partial charge on any atom is -0.478 e. The van der Waals surface area contributed by atoms with Gasteiger partial charge in [-0.3, -0.25) is 0 Å². The van der Waals surface area contributed by atoms with Crippen LogP contribution in [0.15, 0.2) is 48.0 Å². The normalized spacial score (nSPS) is 13.0. The third-order valence-electron chi connectivity index (χ3n) is 3.60. The van der Waals surface area contributed by atoms with E-state index in [4.69, 9.17) is 5.11 Å². The summed E-state index contributed by atoms with van der Waals surface area (Å²) in [6, 6.07) is 14.4. The Bertz CT molecular complexity index is 696. The maximum atomic E-state index is 11.0. The molecular formula is C17H14O2. The summed E-state index contributed by atoms with van der Waals surface area (Å²) in [5.41, 5.74) is 6.40. The molecule has 2 heteroatoms. The van der Waals surface area contributed by atoms with Crippen molar-refractivity contribution in [3.8, 4) is 11.1 Å². The number of carboxylic acids is 1. The van der Waals surface area contributed by atoms with Crippen molar-refractivity contribution in [2.24, 2.45) is 0 Å². The van der Waals surface area contributed by atoms with Gasteiger partial charge in [-0.05, 0) is 47.2 Å². The van der Waals surface area contributed by atoms with Crippen LogP contribution in [0, 0.1) is 0 Å². The molecule has 0 saturated heterocycles. The average molecular weight is 250 g/mol. The van der Waals surface area contributed by atoms with Crippen LogP contribution in [0.25, 0.3) is 17.2 Å². The number of carbonyl (C=O) groups is 1. The number of carboxylic acid groups (broad SMARTS) is 1. The maximum absolute atomic E-state index is 11.0. The topological polar surface area (TPSA) is 37.3 Å². The summed E-state index contributed by atoms with van der Waals surface area (Å²) in [4.78, 5) is 11.0. The Labute approximate surface area is 112 Å². The van der Waals surface area contributed by atoms with Gasteiger partial charge in [-0.2, -0.15) is 0 Å². The van der Waals surface area contributed by atoms with E-state index >= 15 is 0 Å². The average Bonchev–Trinajstić information content (AvgIpc) is 2.78. The van der Waals surface area contributed by atoms with Crippen molar-refractivity contribution in [3.63, 3.8) is 0 Å². The van der Waals surface area contributed by atoms with Crippen molar-refractivity contribution in [1.82, 2.24) is 0 Å². The molecule has 19 heavy (non-hydrogen) atoms. The summed E-state index contributed by atoms with van der Waals surface area (Å²) >= 11 is 0. The maximum Gasteiger partial charge on any atom is 0.331 e. The molecule has 0 bridgehead atoms. The van der Waals surface area contributed by atoms with E-state index in [1.54, 1.807) is 13.0 Å². The molecule has 0 spiro atoms. The zero-order valence-electron chi connectivity index (χ0n) is 10.7. The lowest BCUT2D eigenvalue weighted by Crippen LogP contribution is -1.96. The highest BCUT2D eigenvalue weighted by Crippen LogP contribution is 2.38. The van der Waals surface area contributed by atoms with Crippen LogP contribution in [0.3, 0.4) is 0 Å². The molecule has 1 aliphatic carbocycles. The Morgan fingerprint density at radius 2 is 1.84 bits per heavy atom. The van der Waals surface area contributed by atoms with Gasteiger partial charge >= 0.3 is 5.97 Å². The molecule has 0 heterocycles. The van der Waals surface area contributed by atoms with Crippen LogP contribution >= 0.6 is 0 Å². The van der Waals surface area contributed by atoms with Crippen LogP contribution in [0.2, 0.25) is 0 Å². The summed E-state index contributed by atoms with van der Waals surface area (Å²) in [5, 5.41) is 9.00. The summed E-state index contributed by atoms with van der Waals surface area (Å²) in [5.74, 6) is -0.867. The van der Waals surface area contributed by atoms with E-state index in [-0.39, 0.29) is 0 Å². The Hall–Kier alpha value is -2.35. The second-order valence-electron chi connectivity index (χ2n) is 4.84. The van der Waals surface area contributed by atoms with Crippen LogP contribution < -0.4 is 0 Å². The van der Waals surface area contributed by atoms with Crippen LogP contribution in [0.1, 0.15) is 23.6 Å². The van der Waals surface area contributed by atoms with E-state index in [0.717, 1.165) is 12.0 Å². The molecule has 1 N–H and O–H groups in total. The molecular weight excluding hydrogens is 236 g/mol. The predicted molar refractivity (Wildman–Crippen MR) is 76.0 cm³/mol. The van der Waals surface area contributed by atoms with Gasteiger partial charge in [0.25, 0.3) is 0 Å². The van der Waals surface area contributed by atoms with Crippen LogP contribution in [0.4, 0.5) is 0 Å². The second-order valence-corrected chi connectivity index (χ2v) is 4.84. The third kappa shape index (κ3) is 1.95. The van der Waals surface area contributed by atoms with E-state index in [0.29, 0.717) is 5.57 Å². The van der Waals surface area contributed by atoms with E-state index in [1.807, 2.05) is 24.3 Å². The molecule has 0 saturated carbocycles. The molecule has 2 aromatic rings. The fourth-order valence-electron chi connectivity index (χ4n) is 2.61. The molecule has 0 aliphatic heterocycles. The van der Waals surface area contributed by atoms with Gasteiger partial charge in [0, 0.05) is 5.57 Å². The van der Waals surface area contributed by atoms with E-state index in [2.05, 4.69) is 18.2 Å². The molecule has 2 aromatic carbocycles. The quantitative estimate of drug-likeness (QED) is 0.703. The first-order valence-corrected chi connectivity index (χ1v) is 6.28. The van der Waals surface area contributed by atoms with Crippen molar-refractivity contribution < 1.29 is 9.90 Å². The highest BCUT2D eigenvalue weighted by atomic mass is 16.4. The van der Waals surface area contributed by atoms with Crippen LogP contribution in [0.5, 0.6) is 0 Å². The lowest BCUT2D eigenvalue weighted by Gasteiger charge is -2.05. The monoisotopic (exact) mass is 250 g/mol. The van der Waals surface area contributed by atoms with E-state index < -0.39 is 5.97 Å². The first kappa shape index (κ1) is 11.7. The lowest BCUT2D eigenvalue weighted by molar-refractivity contribution is -0.132. The van der Waals surface area contributed by atoms with Gasteiger partial charge in [0.15, 0.2) is 0 Å². The molecule has 2 nitrogen and oxygen atoms in total. The lowest BCUT2D eigenvalue weighted by atomic mass is 10.00. The molecule has 0 amide bonds. The molecule has 0 fully saturated rings. The number of hydrogen-bond acceptors (Lipinski definition) is 1. The SMILES string of the molecule is C/C(=C\c1cccc2c1Cc1ccccc1-2)C(=O)O. The second kappa shape index (κ2) is 4.39. The molecule has 1 aliphatic rings. The number of rotatable bonds is 2. The summed E-state index contributed by atoms with van der Waals surface area (Å²) in [6.07, 6.45) is 2.64. The van der Waals surface area contributed by atoms with Gasteiger partial charge in [0.05, 0.1) is 0 Å². The minimum atomic E-state index is -0.867. The Morgan fingerprint density at radius 1 is 1.11 bits per heavy atom. The van der Waals surface area contributed by atoms with Gasteiger partial charge in [0.2, 0.25) is 0 Å². The Kier molecular flexibility index (Phi) is 2.71. The van der Waals surface area contributed by atoms with Crippen molar-refractivity contribution in [2.45, 2.75) is 13.3 Å². The summed E-state index contributed by atoms with van der Waals surface area (Å²) in [6.45, 7) is 1.63. The first-order chi connectivity index (χ1) is 9.16. The van der Waals surface area contributed by atoms with Gasteiger partial charge in [-0.1, -0.05) is 42.5 Å². The van der Waals surface area contributed by atoms with Crippen LogP contribution in [-0.2, 0) is 11.2 Å². The van der Waals surface area contributed by atoms with Crippen LogP contribution in [-0.4, -0.2) is 11.1 Å².